The van der Waals surface area contributed by atoms with Crippen LogP contribution in [0, 0.1) is 28.6 Å². The standard InChI is InChI=1S/C28H41NO8/c1-15(30)36-18-12-26(2)16(8-9-19(26)31)21-23(18)27(3)20(14-35-5)37-28(4,34)17(13-29-10-6-7-11-29)22(27)25(33)24(21)32/h13,16,18,20-21,23-24,32-34H,6-12,14H2,1-5H3/b17-13+/t16-,18+,20?,21?,23?,24?,26-,27-,28?/m0/s1. The van der Waals surface area contributed by atoms with E-state index >= 15 is 0 Å². The van der Waals surface area contributed by atoms with Crippen molar-refractivity contribution >= 4 is 11.8 Å². The minimum absolute atomic E-state index is 0.102. The van der Waals surface area contributed by atoms with E-state index in [2.05, 4.69) is 4.90 Å². The number of aliphatic hydroxyl groups is 3. The predicted octanol–water partition coefficient (Wildman–Crippen LogP) is 2.47. The number of carbonyl (C=O) groups excluding carboxylic acids is 2. The van der Waals surface area contributed by atoms with Gasteiger partial charge in [-0.15, -0.1) is 0 Å². The summed E-state index contributed by atoms with van der Waals surface area (Å²) in [5, 5.41) is 35.0. The first-order valence-electron chi connectivity index (χ1n) is 13.5. The summed E-state index contributed by atoms with van der Waals surface area (Å²) in [5.74, 6) is -3.51. The molecule has 2 saturated heterocycles. The van der Waals surface area contributed by atoms with Crippen molar-refractivity contribution in [2.75, 3.05) is 26.8 Å². The van der Waals surface area contributed by atoms with Crippen LogP contribution in [-0.4, -0.2) is 82.9 Å². The van der Waals surface area contributed by atoms with Crippen LogP contribution in [0.2, 0.25) is 0 Å². The molecule has 2 saturated carbocycles. The van der Waals surface area contributed by atoms with Crippen molar-refractivity contribution in [3.63, 3.8) is 0 Å². The van der Waals surface area contributed by atoms with E-state index in [0.717, 1.165) is 25.9 Å². The van der Waals surface area contributed by atoms with Gasteiger partial charge in [-0.2, -0.15) is 0 Å². The van der Waals surface area contributed by atoms with Crippen molar-refractivity contribution in [1.82, 2.24) is 4.90 Å². The molecule has 5 rings (SSSR count). The first-order valence-corrected chi connectivity index (χ1v) is 13.5. The zero-order valence-electron chi connectivity index (χ0n) is 22.5. The van der Waals surface area contributed by atoms with Crippen LogP contribution in [0.3, 0.4) is 0 Å². The number of hydrogen-bond donors (Lipinski definition) is 3. The molecule has 2 heterocycles. The molecule has 2 aliphatic heterocycles. The molecule has 0 bridgehead atoms. The minimum Gasteiger partial charge on any atom is -0.509 e. The van der Waals surface area contributed by atoms with Gasteiger partial charge in [0.2, 0.25) is 0 Å². The van der Waals surface area contributed by atoms with Crippen molar-refractivity contribution in [2.45, 2.75) is 83.9 Å². The molecule has 0 aromatic heterocycles. The van der Waals surface area contributed by atoms with Gasteiger partial charge in [-0.05, 0) is 38.5 Å². The molecule has 0 amide bonds. The molecule has 0 spiro atoms. The predicted molar refractivity (Wildman–Crippen MR) is 133 cm³/mol. The highest BCUT2D eigenvalue weighted by Crippen LogP contribution is 2.67. The minimum atomic E-state index is -1.75. The van der Waals surface area contributed by atoms with Gasteiger partial charge in [0.25, 0.3) is 0 Å². The lowest BCUT2D eigenvalue weighted by Gasteiger charge is -2.63. The molecule has 5 unspecified atom stereocenters. The SMILES string of the molecule is COCC1OC(C)(O)/C(=C/N2CCCC2)C2=C(O)C(O)C3C([C@H](OC(C)=O)C[C@]4(C)C(=O)CC[C@@H]34)[C@]21C. The van der Waals surface area contributed by atoms with Crippen molar-refractivity contribution in [1.29, 1.82) is 0 Å². The van der Waals surface area contributed by atoms with Crippen LogP contribution in [0.25, 0.3) is 0 Å². The Morgan fingerprint density at radius 3 is 2.54 bits per heavy atom. The van der Waals surface area contributed by atoms with Crippen LogP contribution in [-0.2, 0) is 23.8 Å². The Morgan fingerprint density at radius 1 is 1.24 bits per heavy atom. The molecule has 0 aromatic carbocycles. The Hall–Kier alpha value is -1.94. The fourth-order valence-corrected chi connectivity index (χ4v) is 8.42. The van der Waals surface area contributed by atoms with Crippen LogP contribution < -0.4 is 0 Å². The summed E-state index contributed by atoms with van der Waals surface area (Å²) < 4.78 is 17.8. The number of hydrogen-bond acceptors (Lipinski definition) is 9. The molecule has 4 fully saturated rings. The highest BCUT2D eigenvalue weighted by Gasteiger charge is 2.70. The summed E-state index contributed by atoms with van der Waals surface area (Å²) in [7, 11) is 1.55. The maximum atomic E-state index is 13.1. The third-order valence-corrected chi connectivity index (χ3v) is 10.1. The Kier molecular flexibility index (Phi) is 6.54. The number of fused-ring (bicyclic) bond motifs is 5. The van der Waals surface area contributed by atoms with Gasteiger partial charge in [0.05, 0.1) is 12.7 Å². The molecule has 9 atom stereocenters. The summed E-state index contributed by atoms with van der Waals surface area (Å²) in [5.41, 5.74) is -0.916. The zero-order valence-corrected chi connectivity index (χ0v) is 22.5. The first kappa shape index (κ1) is 26.7. The lowest BCUT2D eigenvalue weighted by Crippen LogP contribution is -2.67. The maximum Gasteiger partial charge on any atom is 0.302 e. The summed E-state index contributed by atoms with van der Waals surface area (Å²) >= 11 is 0. The normalized spacial score (nSPS) is 46.6. The third-order valence-electron chi connectivity index (χ3n) is 10.1. The highest BCUT2D eigenvalue weighted by molar-refractivity contribution is 5.87. The molecule has 9 nitrogen and oxygen atoms in total. The number of rotatable bonds is 4. The Bertz CT molecular complexity index is 1030. The van der Waals surface area contributed by atoms with Gasteiger partial charge in [0, 0.05) is 73.6 Å². The van der Waals surface area contributed by atoms with Crippen molar-refractivity contribution in [2.24, 2.45) is 28.6 Å². The first-order chi connectivity index (χ1) is 17.4. The molecule has 37 heavy (non-hydrogen) atoms. The molecule has 0 aromatic rings. The Balaban J connectivity index is 1.74. The molecular formula is C28H41NO8. The van der Waals surface area contributed by atoms with Gasteiger partial charge in [-0.1, -0.05) is 13.8 Å². The van der Waals surface area contributed by atoms with Gasteiger partial charge in [0.1, 0.15) is 23.8 Å². The van der Waals surface area contributed by atoms with E-state index < -0.39 is 52.7 Å². The molecule has 3 aliphatic carbocycles. The number of carbonyl (C=O) groups is 2. The number of ketones is 1. The summed E-state index contributed by atoms with van der Waals surface area (Å²) in [6.07, 6.45) is 2.56. The largest absolute Gasteiger partial charge is 0.509 e. The molecule has 5 aliphatic rings. The summed E-state index contributed by atoms with van der Waals surface area (Å²) in [6.45, 7) is 8.51. The molecule has 9 heteroatoms. The number of likely N-dealkylation sites (tertiary alicyclic amines) is 1. The fourth-order valence-electron chi connectivity index (χ4n) is 8.42. The molecule has 0 radical (unpaired) electrons. The van der Waals surface area contributed by atoms with E-state index in [9.17, 15) is 24.9 Å². The lowest BCUT2D eigenvalue weighted by molar-refractivity contribution is -0.269. The molecule has 3 N–H and O–H groups in total. The number of aliphatic hydroxyl groups excluding tert-OH is 2. The monoisotopic (exact) mass is 519 g/mol. The molecular weight excluding hydrogens is 478 g/mol. The molecule has 206 valence electrons. The summed E-state index contributed by atoms with van der Waals surface area (Å²) in [4.78, 5) is 27.5. The van der Waals surface area contributed by atoms with E-state index in [1.54, 1.807) is 14.0 Å². The van der Waals surface area contributed by atoms with Gasteiger partial charge >= 0.3 is 5.97 Å². The second-order valence-corrected chi connectivity index (χ2v) is 12.3. The van der Waals surface area contributed by atoms with Crippen LogP contribution in [0.5, 0.6) is 0 Å². The van der Waals surface area contributed by atoms with Crippen molar-refractivity contribution in [3.8, 4) is 0 Å². The summed E-state index contributed by atoms with van der Waals surface area (Å²) in [6, 6.07) is 0. The van der Waals surface area contributed by atoms with Gasteiger partial charge in [-0.25, -0.2) is 0 Å². The fraction of sp³-hybridized carbons (Fsp3) is 0.786. The van der Waals surface area contributed by atoms with E-state index in [1.165, 1.54) is 6.92 Å². The number of esters is 1. The van der Waals surface area contributed by atoms with E-state index in [1.807, 2.05) is 20.0 Å². The Morgan fingerprint density at radius 2 is 1.92 bits per heavy atom. The van der Waals surface area contributed by atoms with E-state index in [-0.39, 0.29) is 24.1 Å². The maximum absolute atomic E-state index is 13.1. The number of methoxy groups -OCH3 is 1. The van der Waals surface area contributed by atoms with Crippen molar-refractivity contribution in [3.05, 3.63) is 23.1 Å². The average molecular weight is 520 g/mol. The van der Waals surface area contributed by atoms with E-state index in [4.69, 9.17) is 14.2 Å². The van der Waals surface area contributed by atoms with Crippen molar-refractivity contribution < 1.29 is 39.1 Å². The number of ether oxygens (including phenoxy) is 3. The second-order valence-electron chi connectivity index (χ2n) is 12.3. The third kappa shape index (κ3) is 3.87. The topological polar surface area (TPSA) is 126 Å². The number of nitrogens with zero attached hydrogens (tertiary/aromatic N) is 1. The van der Waals surface area contributed by atoms with Gasteiger partial charge in [-0.3, -0.25) is 9.59 Å². The average Bonchev–Trinajstić information content (AvgIpc) is 3.42. The van der Waals surface area contributed by atoms with E-state index in [0.29, 0.717) is 30.4 Å². The smallest absolute Gasteiger partial charge is 0.302 e. The zero-order chi connectivity index (χ0) is 26.9. The Labute approximate surface area is 218 Å². The van der Waals surface area contributed by atoms with Crippen LogP contribution in [0.4, 0.5) is 0 Å². The number of Topliss-reactive ketones (excluding diaryl/α,β-unsaturated/α-hetero) is 1. The van der Waals surface area contributed by atoms with Gasteiger partial charge in [0.15, 0.2) is 5.79 Å². The highest BCUT2D eigenvalue weighted by atomic mass is 16.6. The van der Waals surface area contributed by atoms with Gasteiger partial charge < -0.3 is 34.4 Å². The van der Waals surface area contributed by atoms with Crippen LogP contribution >= 0.6 is 0 Å². The lowest BCUT2D eigenvalue weighted by atomic mass is 9.45. The van der Waals surface area contributed by atoms with Crippen LogP contribution in [0.1, 0.15) is 59.8 Å². The second kappa shape index (κ2) is 9.07. The quantitative estimate of drug-likeness (QED) is 0.480. The van der Waals surface area contributed by atoms with Crippen LogP contribution in [0.15, 0.2) is 23.1 Å².